The molecule has 21 heavy (non-hydrogen) atoms. The minimum atomic E-state index is -0.0527. The molecule has 2 aromatic rings. The maximum Gasteiger partial charge on any atom is 0.108 e. The van der Waals surface area contributed by atoms with Gasteiger partial charge in [0.2, 0.25) is 0 Å². The van der Waals surface area contributed by atoms with Crippen LogP contribution in [-0.4, -0.2) is 31.1 Å². The minimum Gasteiger partial charge on any atom is -0.390 e. The average Bonchev–Trinajstić information content (AvgIpc) is 3.14. The Morgan fingerprint density at radius 2 is 2.24 bits per heavy atom. The molecule has 0 aliphatic heterocycles. The van der Waals surface area contributed by atoms with Crippen molar-refractivity contribution in [3.05, 3.63) is 28.0 Å². The monoisotopic (exact) mass is 307 g/mol. The van der Waals surface area contributed by atoms with Crippen molar-refractivity contribution in [3.8, 4) is 0 Å². The van der Waals surface area contributed by atoms with Gasteiger partial charge in [-0.1, -0.05) is 18.1 Å². The predicted octanol–water partition coefficient (Wildman–Crippen LogP) is 1.81. The maximum absolute atomic E-state index is 9.13. The SMILES string of the molecule is Cc1nc(CN[C@H]2CCCC[C@H]2n2cc(CO)nn2)cs1. The van der Waals surface area contributed by atoms with Crippen molar-refractivity contribution in [1.29, 1.82) is 0 Å². The smallest absolute Gasteiger partial charge is 0.108 e. The van der Waals surface area contributed by atoms with Crippen LogP contribution in [0.3, 0.4) is 0 Å². The first kappa shape index (κ1) is 14.6. The molecule has 6 nitrogen and oxygen atoms in total. The number of hydrogen-bond donors (Lipinski definition) is 2. The molecule has 0 bridgehead atoms. The summed E-state index contributed by atoms with van der Waals surface area (Å²) in [4.78, 5) is 4.50. The Balaban J connectivity index is 1.66. The van der Waals surface area contributed by atoms with Gasteiger partial charge in [-0.15, -0.1) is 16.4 Å². The fourth-order valence-corrected chi connectivity index (χ4v) is 3.55. The summed E-state index contributed by atoms with van der Waals surface area (Å²) in [6.07, 6.45) is 6.56. The van der Waals surface area contributed by atoms with Crippen molar-refractivity contribution >= 4 is 11.3 Å². The Morgan fingerprint density at radius 3 is 2.95 bits per heavy atom. The van der Waals surface area contributed by atoms with E-state index in [0.717, 1.165) is 30.1 Å². The predicted molar refractivity (Wildman–Crippen MR) is 80.9 cm³/mol. The Hall–Kier alpha value is -1.31. The van der Waals surface area contributed by atoms with Crippen LogP contribution in [0.2, 0.25) is 0 Å². The summed E-state index contributed by atoms with van der Waals surface area (Å²) in [5.74, 6) is 0. The zero-order valence-corrected chi connectivity index (χ0v) is 13.0. The molecular formula is C14H21N5OS. The highest BCUT2D eigenvalue weighted by molar-refractivity contribution is 7.09. The van der Waals surface area contributed by atoms with E-state index in [1.807, 2.05) is 17.8 Å². The molecular weight excluding hydrogens is 286 g/mol. The number of aliphatic hydroxyl groups is 1. The van der Waals surface area contributed by atoms with Crippen LogP contribution in [-0.2, 0) is 13.2 Å². The van der Waals surface area contributed by atoms with Crippen LogP contribution in [0.15, 0.2) is 11.6 Å². The summed E-state index contributed by atoms with van der Waals surface area (Å²) in [7, 11) is 0. The van der Waals surface area contributed by atoms with E-state index in [0.29, 0.717) is 17.8 Å². The first-order chi connectivity index (χ1) is 10.3. The summed E-state index contributed by atoms with van der Waals surface area (Å²) < 4.78 is 1.91. The van der Waals surface area contributed by atoms with E-state index < -0.39 is 0 Å². The highest BCUT2D eigenvalue weighted by atomic mass is 32.1. The number of aryl methyl sites for hydroxylation is 1. The first-order valence-electron chi connectivity index (χ1n) is 7.42. The van der Waals surface area contributed by atoms with E-state index >= 15 is 0 Å². The molecule has 2 atom stereocenters. The quantitative estimate of drug-likeness (QED) is 0.881. The van der Waals surface area contributed by atoms with Gasteiger partial charge >= 0.3 is 0 Å². The van der Waals surface area contributed by atoms with Gasteiger partial charge in [-0.25, -0.2) is 9.67 Å². The lowest BCUT2D eigenvalue weighted by molar-refractivity contribution is 0.242. The second-order valence-corrected chi connectivity index (χ2v) is 6.61. The zero-order valence-electron chi connectivity index (χ0n) is 12.2. The number of rotatable bonds is 5. The highest BCUT2D eigenvalue weighted by Crippen LogP contribution is 2.28. The van der Waals surface area contributed by atoms with Crippen LogP contribution in [0, 0.1) is 6.92 Å². The van der Waals surface area contributed by atoms with Crippen molar-refractivity contribution in [2.45, 2.75) is 57.8 Å². The summed E-state index contributed by atoms with van der Waals surface area (Å²) in [6, 6.07) is 0.695. The molecule has 0 aromatic carbocycles. The van der Waals surface area contributed by atoms with Gasteiger partial charge in [0, 0.05) is 18.0 Å². The molecule has 0 radical (unpaired) electrons. The maximum atomic E-state index is 9.13. The number of thiazole rings is 1. The van der Waals surface area contributed by atoms with E-state index in [1.165, 1.54) is 12.8 Å². The van der Waals surface area contributed by atoms with E-state index in [2.05, 4.69) is 26.0 Å². The molecule has 7 heteroatoms. The second kappa shape index (κ2) is 6.64. The van der Waals surface area contributed by atoms with Crippen LogP contribution < -0.4 is 5.32 Å². The third kappa shape index (κ3) is 3.48. The third-order valence-corrected chi connectivity index (χ3v) is 4.82. The highest BCUT2D eigenvalue weighted by Gasteiger charge is 2.27. The van der Waals surface area contributed by atoms with Crippen molar-refractivity contribution in [2.24, 2.45) is 0 Å². The largest absolute Gasteiger partial charge is 0.390 e. The second-order valence-electron chi connectivity index (χ2n) is 5.55. The van der Waals surface area contributed by atoms with Gasteiger partial charge in [0.1, 0.15) is 5.69 Å². The molecule has 0 amide bonds. The molecule has 0 spiro atoms. The van der Waals surface area contributed by atoms with Crippen molar-refractivity contribution < 1.29 is 5.11 Å². The van der Waals surface area contributed by atoms with Gasteiger partial charge < -0.3 is 10.4 Å². The first-order valence-corrected chi connectivity index (χ1v) is 8.30. The summed E-state index contributed by atoms with van der Waals surface area (Å²) in [6.45, 7) is 2.78. The van der Waals surface area contributed by atoms with Gasteiger partial charge in [0.25, 0.3) is 0 Å². The summed E-state index contributed by atoms with van der Waals surface area (Å²) >= 11 is 1.69. The number of aromatic nitrogens is 4. The van der Waals surface area contributed by atoms with Crippen LogP contribution in [0.4, 0.5) is 0 Å². The number of aliphatic hydroxyl groups excluding tert-OH is 1. The third-order valence-electron chi connectivity index (χ3n) is 4.00. The molecule has 2 heterocycles. The van der Waals surface area contributed by atoms with Crippen molar-refractivity contribution in [1.82, 2.24) is 25.3 Å². The Kier molecular flexibility index (Phi) is 4.62. The minimum absolute atomic E-state index is 0.0527. The number of hydrogen-bond acceptors (Lipinski definition) is 6. The molecule has 1 fully saturated rings. The van der Waals surface area contributed by atoms with Gasteiger partial charge in [0.15, 0.2) is 0 Å². The molecule has 1 aliphatic carbocycles. The molecule has 2 N–H and O–H groups in total. The van der Waals surface area contributed by atoms with Crippen LogP contribution >= 0.6 is 11.3 Å². The Labute approximate surface area is 128 Å². The lowest BCUT2D eigenvalue weighted by Crippen LogP contribution is -2.39. The van der Waals surface area contributed by atoms with E-state index in [9.17, 15) is 0 Å². The molecule has 3 rings (SSSR count). The van der Waals surface area contributed by atoms with Crippen molar-refractivity contribution in [3.63, 3.8) is 0 Å². The Bertz CT molecular complexity index is 581. The van der Waals surface area contributed by atoms with Gasteiger partial charge in [0.05, 0.1) is 29.5 Å². The standard InChI is InChI=1S/C14H21N5OS/c1-10-16-11(9-21-10)6-15-13-4-2-3-5-14(13)19-7-12(8-20)17-18-19/h7,9,13-15,20H,2-6,8H2,1H3/t13-,14+/m0/s1. The molecule has 0 saturated heterocycles. The van der Waals surface area contributed by atoms with E-state index in [-0.39, 0.29) is 6.61 Å². The van der Waals surface area contributed by atoms with E-state index in [1.54, 1.807) is 11.3 Å². The number of nitrogens with one attached hydrogen (secondary N) is 1. The molecule has 0 unspecified atom stereocenters. The lowest BCUT2D eigenvalue weighted by Gasteiger charge is -2.32. The van der Waals surface area contributed by atoms with Gasteiger partial charge in [-0.3, -0.25) is 0 Å². The van der Waals surface area contributed by atoms with Crippen molar-refractivity contribution in [2.75, 3.05) is 0 Å². The lowest BCUT2D eigenvalue weighted by atomic mass is 9.90. The molecule has 2 aromatic heterocycles. The van der Waals surface area contributed by atoms with Gasteiger partial charge in [-0.2, -0.15) is 0 Å². The fraction of sp³-hybridized carbons (Fsp3) is 0.643. The zero-order chi connectivity index (χ0) is 14.7. The van der Waals surface area contributed by atoms with E-state index in [4.69, 9.17) is 5.11 Å². The molecule has 1 aliphatic rings. The molecule has 1 saturated carbocycles. The van der Waals surface area contributed by atoms with Crippen LogP contribution in [0.5, 0.6) is 0 Å². The Morgan fingerprint density at radius 1 is 1.38 bits per heavy atom. The molecule has 114 valence electrons. The topological polar surface area (TPSA) is 75.9 Å². The average molecular weight is 307 g/mol. The number of nitrogens with zero attached hydrogens (tertiary/aromatic N) is 4. The summed E-state index contributed by atoms with van der Waals surface area (Å²) in [5, 5.41) is 24.1. The normalized spacial score (nSPS) is 22.6. The van der Waals surface area contributed by atoms with Crippen LogP contribution in [0.25, 0.3) is 0 Å². The van der Waals surface area contributed by atoms with Crippen LogP contribution in [0.1, 0.15) is 48.1 Å². The fourth-order valence-electron chi connectivity index (χ4n) is 2.94. The van der Waals surface area contributed by atoms with Gasteiger partial charge in [-0.05, 0) is 19.8 Å². The summed E-state index contributed by atoms with van der Waals surface area (Å²) in [5.41, 5.74) is 1.74.